The second-order valence-corrected chi connectivity index (χ2v) is 9.05. The zero-order valence-electron chi connectivity index (χ0n) is 17.4. The lowest BCUT2D eigenvalue weighted by Crippen LogP contribution is -2.53. The van der Waals surface area contributed by atoms with E-state index in [-0.39, 0.29) is 5.75 Å². The summed E-state index contributed by atoms with van der Waals surface area (Å²) in [4.78, 5) is 6.88. The summed E-state index contributed by atoms with van der Waals surface area (Å²) in [6.07, 6.45) is 1.38. The zero-order valence-corrected chi connectivity index (χ0v) is 18.2. The van der Waals surface area contributed by atoms with Gasteiger partial charge in [0.1, 0.15) is 12.0 Å². The van der Waals surface area contributed by atoms with E-state index >= 15 is 0 Å². The fraction of sp³-hybridized carbons (Fsp3) is 0.611. The predicted molar refractivity (Wildman–Crippen MR) is 110 cm³/mol. The van der Waals surface area contributed by atoms with Crippen LogP contribution in [-0.2, 0) is 29.4 Å². The second kappa shape index (κ2) is 8.95. The maximum atomic E-state index is 12.6. The number of nitrogens with zero attached hydrogens (tertiary/aromatic N) is 6. The number of aryl methyl sites for hydroxylation is 2. The van der Waals surface area contributed by atoms with Crippen LogP contribution in [0.15, 0.2) is 21.8 Å². The van der Waals surface area contributed by atoms with E-state index in [0.29, 0.717) is 38.4 Å². The molecule has 29 heavy (non-hydrogen) atoms. The third kappa shape index (κ3) is 4.96. The van der Waals surface area contributed by atoms with Crippen LogP contribution in [0.1, 0.15) is 29.6 Å². The Bertz CT molecular complexity index is 943. The first-order valence-corrected chi connectivity index (χ1v) is 11.3. The maximum Gasteiger partial charge on any atom is 0.220 e. The molecule has 1 saturated heterocycles. The number of aromatic nitrogens is 3. The van der Waals surface area contributed by atoms with Crippen molar-refractivity contribution in [1.29, 1.82) is 0 Å². The van der Waals surface area contributed by atoms with E-state index in [1.54, 1.807) is 6.07 Å². The average molecular weight is 424 g/mol. The number of rotatable bonds is 6. The van der Waals surface area contributed by atoms with Gasteiger partial charge in [-0.1, -0.05) is 5.16 Å². The molecular weight excluding hydrogens is 394 g/mol. The molecule has 0 radical (unpaired) electrons. The molecule has 0 amide bonds. The highest BCUT2D eigenvalue weighted by atomic mass is 32.2. The van der Waals surface area contributed by atoms with Crippen LogP contribution in [0, 0.1) is 13.8 Å². The van der Waals surface area contributed by atoms with Gasteiger partial charge in [-0.15, -0.1) is 0 Å². The molecule has 1 aliphatic rings. The third-order valence-electron chi connectivity index (χ3n) is 5.13. The number of sulfonamides is 1. The number of guanidine groups is 1. The molecule has 0 spiro atoms. The summed E-state index contributed by atoms with van der Waals surface area (Å²) >= 11 is 0. The maximum absolute atomic E-state index is 12.6. The van der Waals surface area contributed by atoms with Gasteiger partial charge in [-0.2, -0.15) is 9.40 Å². The van der Waals surface area contributed by atoms with Crippen LogP contribution in [0.25, 0.3) is 0 Å². The Balaban J connectivity index is 1.65. The quantitative estimate of drug-likeness (QED) is 0.536. The highest BCUT2D eigenvalue weighted by Gasteiger charge is 2.29. The van der Waals surface area contributed by atoms with Crippen LogP contribution in [0.3, 0.4) is 0 Å². The molecule has 1 fully saturated rings. The van der Waals surface area contributed by atoms with Crippen molar-refractivity contribution < 1.29 is 12.9 Å². The Morgan fingerprint density at radius 2 is 2.00 bits per heavy atom. The van der Waals surface area contributed by atoms with Gasteiger partial charge in [0.2, 0.25) is 10.0 Å². The van der Waals surface area contributed by atoms with Crippen LogP contribution in [0.2, 0.25) is 0 Å². The van der Waals surface area contributed by atoms with Crippen LogP contribution < -0.4 is 5.32 Å². The predicted octanol–water partition coefficient (Wildman–Crippen LogP) is 0.638. The number of nitrogens with one attached hydrogen (secondary N) is 1. The normalized spacial score (nSPS) is 16.4. The molecule has 160 valence electrons. The number of aliphatic imine (C=N–C) groups is 1. The lowest BCUT2D eigenvalue weighted by Gasteiger charge is -2.35. The molecule has 0 aromatic carbocycles. The Morgan fingerprint density at radius 3 is 2.55 bits per heavy atom. The molecule has 2 aromatic heterocycles. The summed E-state index contributed by atoms with van der Waals surface area (Å²) in [5.74, 6) is 0.653. The number of hydrogen-bond acceptors (Lipinski definition) is 6. The second-order valence-electron chi connectivity index (χ2n) is 7.08. The topological polar surface area (TPSA) is 109 Å². The van der Waals surface area contributed by atoms with Crippen LogP contribution in [0.5, 0.6) is 0 Å². The highest BCUT2D eigenvalue weighted by Crippen LogP contribution is 2.15. The van der Waals surface area contributed by atoms with E-state index in [0.717, 1.165) is 29.5 Å². The minimum atomic E-state index is -3.42. The van der Waals surface area contributed by atoms with Crippen molar-refractivity contribution in [2.45, 2.75) is 33.1 Å². The fourth-order valence-electron chi connectivity index (χ4n) is 3.39. The molecule has 0 unspecified atom stereocenters. The smallest absolute Gasteiger partial charge is 0.220 e. The first kappa shape index (κ1) is 21.3. The van der Waals surface area contributed by atoms with Gasteiger partial charge in [0.25, 0.3) is 0 Å². The molecule has 10 nitrogen and oxygen atoms in total. The summed E-state index contributed by atoms with van der Waals surface area (Å²) in [5, 5.41) is 11.5. The Kier molecular flexibility index (Phi) is 6.58. The van der Waals surface area contributed by atoms with E-state index in [4.69, 9.17) is 9.52 Å². The zero-order chi connectivity index (χ0) is 21.0. The van der Waals surface area contributed by atoms with Crippen LogP contribution in [-0.4, -0.2) is 71.2 Å². The Morgan fingerprint density at radius 1 is 1.28 bits per heavy atom. The minimum absolute atomic E-state index is 0.142. The molecule has 3 heterocycles. The lowest BCUT2D eigenvalue weighted by atomic mass is 10.2. The molecular formula is C18H29N7O3S. The van der Waals surface area contributed by atoms with Crippen LogP contribution in [0.4, 0.5) is 0 Å². The summed E-state index contributed by atoms with van der Waals surface area (Å²) in [7, 11) is -1.49. The van der Waals surface area contributed by atoms with E-state index in [2.05, 4.69) is 20.5 Å². The SMILES string of the molecule is CCNC(=NCc1c(C)nn(C)c1C)N1CCN(S(=O)(=O)Cc2ccon2)CC1. The molecule has 3 rings (SSSR count). The first-order chi connectivity index (χ1) is 13.8. The van der Waals surface area contributed by atoms with Gasteiger partial charge in [-0.3, -0.25) is 4.68 Å². The van der Waals surface area contributed by atoms with Crippen molar-refractivity contribution in [2.24, 2.45) is 12.0 Å². The van der Waals surface area contributed by atoms with Crippen LogP contribution >= 0.6 is 0 Å². The van der Waals surface area contributed by atoms with E-state index in [1.807, 2.05) is 32.5 Å². The molecule has 11 heteroatoms. The van der Waals surface area contributed by atoms with Gasteiger partial charge in [-0.05, 0) is 20.8 Å². The van der Waals surface area contributed by atoms with Gasteiger partial charge < -0.3 is 14.7 Å². The number of hydrogen-bond donors (Lipinski definition) is 1. The summed E-state index contributed by atoms with van der Waals surface area (Å²) in [6.45, 7) is 9.32. The third-order valence-corrected chi connectivity index (χ3v) is 6.95. The van der Waals surface area contributed by atoms with E-state index in [1.165, 1.54) is 10.6 Å². The molecule has 1 N–H and O–H groups in total. The van der Waals surface area contributed by atoms with E-state index < -0.39 is 10.0 Å². The lowest BCUT2D eigenvalue weighted by molar-refractivity contribution is 0.259. The van der Waals surface area contributed by atoms with Crippen molar-refractivity contribution in [3.63, 3.8) is 0 Å². The highest BCUT2D eigenvalue weighted by molar-refractivity contribution is 7.88. The average Bonchev–Trinajstić information content (AvgIpc) is 3.27. The van der Waals surface area contributed by atoms with Crippen molar-refractivity contribution in [1.82, 2.24) is 29.5 Å². The van der Waals surface area contributed by atoms with Gasteiger partial charge in [0.05, 0.1) is 17.9 Å². The molecule has 0 saturated carbocycles. The summed E-state index contributed by atoms with van der Waals surface area (Å²) in [6, 6.07) is 1.58. The molecule has 0 aliphatic carbocycles. The fourth-order valence-corrected chi connectivity index (χ4v) is 4.82. The molecule has 2 aromatic rings. The molecule has 0 bridgehead atoms. The number of piperazine rings is 1. The van der Waals surface area contributed by atoms with E-state index in [9.17, 15) is 8.42 Å². The summed E-state index contributed by atoms with van der Waals surface area (Å²) < 4.78 is 33.3. The largest absolute Gasteiger partial charge is 0.364 e. The standard InChI is InChI=1S/C18H29N7O3S/c1-5-19-18(20-12-17-14(2)21-23(4)15(17)3)24-7-9-25(10-8-24)29(26,27)13-16-6-11-28-22-16/h6,11H,5,7-10,12-13H2,1-4H3,(H,19,20). The molecule has 1 aliphatic heterocycles. The Labute approximate surface area is 171 Å². The van der Waals surface area contributed by atoms with Crippen molar-refractivity contribution >= 4 is 16.0 Å². The van der Waals surface area contributed by atoms with Gasteiger partial charge in [0.15, 0.2) is 5.96 Å². The van der Waals surface area contributed by atoms with Crippen molar-refractivity contribution in [3.8, 4) is 0 Å². The monoisotopic (exact) mass is 423 g/mol. The van der Waals surface area contributed by atoms with Gasteiger partial charge in [0, 0.05) is 57.1 Å². The minimum Gasteiger partial charge on any atom is -0.364 e. The Hall–Kier alpha value is -2.40. The summed E-state index contributed by atoms with van der Waals surface area (Å²) in [5.41, 5.74) is 3.63. The van der Waals surface area contributed by atoms with Gasteiger partial charge in [-0.25, -0.2) is 13.4 Å². The van der Waals surface area contributed by atoms with Crippen molar-refractivity contribution in [3.05, 3.63) is 35.0 Å². The van der Waals surface area contributed by atoms with Gasteiger partial charge >= 0.3 is 0 Å². The van der Waals surface area contributed by atoms with Crippen molar-refractivity contribution in [2.75, 3.05) is 32.7 Å². The molecule has 0 atom stereocenters. The first-order valence-electron chi connectivity index (χ1n) is 9.71.